The zero-order valence-electron chi connectivity index (χ0n) is 10.7. The molecule has 0 unspecified atom stereocenters. The summed E-state index contributed by atoms with van der Waals surface area (Å²) in [4.78, 5) is 0. The van der Waals surface area contributed by atoms with Crippen molar-refractivity contribution in [3.05, 3.63) is 35.1 Å². The molecule has 0 heterocycles. The first-order valence-electron chi connectivity index (χ1n) is 6.09. The van der Waals surface area contributed by atoms with Crippen molar-refractivity contribution in [1.82, 2.24) is 5.32 Å². The number of amidine groups is 1. The van der Waals surface area contributed by atoms with E-state index in [1.54, 1.807) is 6.07 Å². The van der Waals surface area contributed by atoms with Crippen LogP contribution in [0.1, 0.15) is 30.4 Å². The maximum Gasteiger partial charge on any atom is 0.170 e. The van der Waals surface area contributed by atoms with E-state index in [1.165, 1.54) is 12.1 Å². The third-order valence-electron chi connectivity index (χ3n) is 2.61. The van der Waals surface area contributed by atoms with E-state index < -0.39 is 5.82 Å². The molecule has 0 saturated heterocycles. The van der Waals surface area contributed by atoms with Gasteiger partial charge in [-0.1, -0.05) is 5.16 Å². The summed E-state index contributed by atoms with van der Waals surface area (Å²) in [6.07, 6.45) is 7.88. The van der Waals surface area contributed by atoms with E-state index in [0.29, 0.717) is 12.1 Å². The molecule has 19 heavy (non-hydrogen) atoms. The summed E-state index contributed by atoms with van der Waals surface area (Å²) in [7, 11) is 0. The Labute approximate surface area is 112 Å². The van der Waals surface area contributed by atoms with Crippen LogP contribution in [0.15, 0.2) is 23.4 Å². The number of hydrogen-bond acceptors (Lipinski definition) is 3. The largest absolute Gasteiger partial charge is 0.409 e. The van der Waals surface area contributed by atoms with Gasteiger partial charge in [-0.3, -0.25) is 0 Å². The van der Waals surface area contributed by atoms with Crippen LogP contribution < -0.4 is 11.1 Å². The second kappa shape index (κ2) is 8.11. The normalized spacial score (nSPS) is 11.3. The average Bonchev–Trinajstić information content (AvgIpc) is 2.41. The molecule has 102 valence electrons. The van der Waals surface area contributed by atoms with Crippen LogP contribution in [-0.2, 0) is 6.54 Å². The first kappa shape index (κ1) is 15.0. The van der Waals surface area contributed by atoms with Gasteiger partial charge < -0.3 is 16.3 Å². The predicted octanol–water partition coefficient (Wildman–Crippen LogP) is 1.81. The number of unbranched alkanes of at least 4 members (excludes halogenated alkanes) is 2. The Morgan fingerprint density at radius 3 is 2.89 bits per heavy atom. The zero-order chi connectivity index (χ0) is 14.1. The minimum Gasteiger partial charge on any atom is -0.409 e. The molecule has 0 atom stereocenters. The highest BCUT2D eigenvalue weighted by molar-refractivity contribution is 5.97. The van der Waals surface area contributed by atoms with Gasteiger partial charge in [0.15, 0.2) is 5.84 Å². The lowest BCUT2D eigenvalue weighted by Gasteiger charge is -2.07. The van der Waals surface area contributed by atoms with Crippen LogP contribution in [0.3, 0.4) is 0 Å². The van der Waals surface area contributed by atoms with Gasteiger partial charge in [0, 0.05) is 18.5 Å². The molecule has 0 aliphatic heterocycles. The Morgan fingerprint density at radius 2 is 2.21 bits per heavy atom. The summed E-state index contributed by atoms with van der Waals surface area (Å²) in [5.74, 6) is 2.07. The lowest BCUT2D eigenvalue weighted by molar-refractivity contribution is 0.318. The third-order valence-corrected chi connectivity index (χ3v) is 2.61. The number of nitrogens with one attached hydrogen (secondary N) is 1. The molecular formula is C14H18FN3O. The Hall–Kier alpha value is -2.06. The maximum atomic E-state index is 13.4. The maximum absolute atomic E-state index is 13.4. The van der Waals surface area contributed by atoms with Crippen LogP contribution in [0.25, 0.3) is 0 Å². The summed E-state index contributed by atoms with van der Waals surface area (Å²) < 4.78 is 13.4. The molecule has 1 aromatic rings. The van der Waals surface area contributed by atoms with E-state index in [-0.39, 0.29) is 5.84 Å². The van der Waals surface area contributed by atoms with Gasteiger partial charge in [-0.2, -0.15) is 0 Å². The minimum absolute atomic E-state index is 0.102. The molecule has 1 rings (SSSR count). The molecule has 0 aliphatic carbocycles. The van der Waals surface area contributed by atoms with Crippen molar-refractivity contribution < 1.29 is 9.60 Å². The fraction of sp³-hybridized carbons (Fsp3) is 0.357. The molecular weight excluding hydrogens is 245 g/mol. The number of halogens is 1. The second-order valence-corrected chi connectivity index (χ2v) is 4.17. The molecule has 5 heteroatoms. The smallest absolute Gasteiger partial charge is 0.170 e. The molecule has 4 N–H and O–H groups in total. The monoisotopic (exact) mass is 263 g/mol. The van der Waals surface area contributed by atoms with Gasteiger partial charge in [0.25, 0.3) is 0 Å². The predicted molar refractivity (Wildman–Crippen MR) is 73.3 cm³/mol. The van der Waals surface area contributed by atoms with E-state index in [4.69, 9.17) is 17.4 Å². The van der Waals surface area contributed by atoms with Crippen LogP contribution in [0.4, 0.5) is 4.39 Å². The van der Waals surface area contributed by atoms with Gasteiger partial charge in [0.1, 0.15) is 5.82 Å². The Balaban J connectivity index is 2.50. The van der Waals surface area contributed by atoms with Crippen LogP contribution in [0.2, 0.25) is 0 Å². The van der Waals surface area contributed by atoms with Gasteiger partial charge in [0.05, 0.1) is 0 Å². The first-order chi connectivity index (χ1) is 9.17. The van der Waals surface area contributed by atoms with Crippen molar-refractivity contribution in [2.45, 2.75) is 25.8 Å². The van der Waals surface area contributed by atoms with Gasteiger partial charge >= 0.3 is 0 Å². The fourth-order valence-corrected chi connectivity index (χ4v) is 1.67. The zero-order valence-corrected chi connectivity index (χ0v) is 10.7. The Morgan fingerprint density at radius 1 is 1.42 bits per heavy atom. The van der Waals surface area contributed by atoms with Gasteiger partial charge in [-0.15, -0.1) is 12.3 Å². The van der Waals surface area contributed by atoms with E-state index in [1.807, 2.05) is 0 Å². The highest BCUT2D eigenvalue weighted by atomic mass is 19.1. The summed E-state index contributed by atoms with van der Waals surface area (Å²) in [5.41, 5.74) is 6.55. The quantitative estimate of drug-likeness (QED) is 0.175. The van der Waals surface area contributed by atoms with Crippen molar-refractivity contribution in [1.29, 1.82) is 0 Å². The van der Waals surface area contributed by atoms with Crippen molar-refractivity contribution in [2.24, 2.45) is 10.9 Å². The van der Waals surface area contributed by atoms with Crippen molar-refractivity contribution in [3.8, 4) is 12.3 Å². The molecule has 0 saturated carbocycles. The lowest BCUT2D eigenvalue weighted by atomic mass is 10.1. The third kappa shape index (κ3) is 5.40. The number of hydrogen-bond donors (Lipinski definition) is 3. The number of nitrogens with two attached hydrogens (primary N) is 1. The molecule has 1 aromatic carbocycles. The molecule has 0 amide bonds. The Kier molecular flexibility index (Phi) is 6.41. The molecule has 0 bridgehead atoms. The van der Waals surface area contributed by atoms with Crippen LogP contribution in [0.5, 0.6) is 0 Å². The summed E-state index contributed by atoms with van der Waals surface area (Å²) >= 11 is 0. The Bertz CT molecular complexity index is 480. The first-order valence-corrected chi connectivity index (χ1v) is 6.09. The molecule has 0 spiro atoms. The second-order valence-electron chi connectivity index (χ2n) is 4.17. The van der Waals surface area contributed by atoms with E-state index in [2.05, 4.69) is 16.4 Å². The molecule has 4 nitrogen and oxygen atoms in total. The lowest BCUT2D eigenvalue weighted by Crippen LogP contribution is -2.17. The number of rotatable bonds is 7. The molecule has 0 aromatic heterocycles. The van der Waals surface area contributed by atoms with Crippen molar-refractivity contribution in [3.63, 3.8) is 0 Å². The van der Waals surface area contributed by atoms with Gasteiger partial charge in [0.2, 0.25) is 0 Å². The molecule has 0 radical (unpaired) electrons. The van der Waals surface area contributed by atoms with Gasteiger partial charge in [-0.25, -0.2) is 4.39 Å². The average molecular weight is 263 g/mol. The van der Waals surface area contributed by atoms with E-state index in [0.717, 1.165) is 31.4 Å². The van der Waals surface area contributed by atoms with Gasteiger partial charge in [-0.05, 0) is 43.1 Å². The van der Waals surface area contributed by atoms with Crippen LogP contribution >= 0.6 is 0 Å². The number of terminal acetylenes is 1. The number of nitrogens with zero attached hydrogens (tertiary/aromatic N) is 1. The number of benzene rings is 1. The molecule has 0 aliphatic rings. The van der Waals surface area contributed by atoms with Crippen molar-refractivity contribution >= 4 is 5.84 Å². The van der Waals surface area contributed by atoms with Crippen LogP contribution in [-0.4, -0.2) is 17.6 Å². The highest BCUT2D eigenvalue weighted by Gasteiger charge is 2.04. The summed E-state index contributed by atoms with van der Waals surface area (Å²) in [5, 5.41) is 14.6. The molecule has 0 fully saturated rings. The standard InChI is InChI=1S/C14H18FN3O/c1-2-3-4-5-6-17-10-11-7-12(14(16)18-19)9-13(15)8-11/h1,7-9,17,19H,3-6,10H2,(H2,16,18). The number of oxime groups is 1. The van der Waals surface area contributed by atoms with E-state index in [9.17, 15) is 4.39 Å². The van der Waals surface area contributed by atoms with E-state index >= 15 is 0 Å². The summed E-state index contributed by atoms with van der Waals surface area (Å²) in [6.45, 7) is 1.34. The minimum atomic E-state index is -0.409. The SMILES string of the molecule is C#CCCCCNCc1cc(F)cc(/C(N)=N\O)c1. The van der Waals surface area contributed by atoms with Crippen LogP contribution in [0, 0.1) is 18.2 Å². The van der Waals surface area contributed by atoms with Crippen molar-refractivity contribution in [2.75, 3.05) is 6.54 Å². The fourth-order valence-electron chi connectivity index (χ4n) is 1.67. The summed E-state index contributed by atoms with van der Waals surface area (Å²) in [6, 6.07) is 4.33. The topological polar surface area (TPSA) is 70.6 Å². The highest BCUT2D eigenvalue weighted by Crippen LogP contribution is 2.09.